The molecule has 4 rings (SSSR count). The number of hydrogen-bond donors (Lipinski definition) is 0. The van der Waals surface area contributed by atoms with Gasteiger partial charge in [0, 0.05) is 4.88 Å². The monoisotopic (exact) mass is 424 g/mol. The molecule has 3 aromatic rings. The maximum absolute atomic E-state index is 13.3. The van der Waals surface area contributed by atoms with Crippen molar-refractivity contribution < 1.29 is 9.53 Å². The van der Waals surface area contributed by atoms with Crippen LogP contribution < -0.4 is 14.9 Å². The molecule has 1 aliphatic heterocycles. The number of carbonyl (C=O) groups excluding carboxylic acids is 1. The fraction of sp³-hybridized carbons (Fsp3) is 0.227. The van der Waals surface area contributed by atoms with Gasteiger partial charge in [-0.1, -0.05) is 47.7 Å². The Hall–Kier alpha value is -2.77. The number of ether oxygens (including phenoxy) is 1. The smallest absolute Gasteiger partial charge is 0.338 e. The summed E-state index contributed by atoms with van der Waals surface area (Å²) in [5.74, 6) is -0.433. The van der Waals surface area contributed by atoms with Gasteiger partial charge in [0.05, 0.1) is 21.9 Å². The second kappa shape index (κ2) is 7.93. The van der Waals surface area contributed by atoms with Crippen molar-refractivity contribution in [3.63, 3.8) is 0 Å². The summed E-state index contributed by atoms with van der Waals surface area (Å²) >= 11 is 2.84. The number of carbonyl (C=O) groups is 1. The zero-order valence-electron chi connectivity index (χ0n) is 16.3. The minimum Gasteiger partial charge on any atom is -0.459 e. The number of allylic oxidation sites excluding steroid dienone is 1. The van der Waals surface area contributed by atoms with Crippen molar-refractivity contribution in [3.05, 3.63) is 89.2 Å². The van der Waals surface area contributed by atoms with Crippen LogP contribution in [-0.4, -0.2) is 16.6 Å². The molecule has 148 valence electrons. The van der Waals surface area contributed by atoms with Gasteiger partial charge in [0.2, 0.25) is 0 Å². The van der Waals surface area contributed by atoms with E-state index >= 15 is 0 Å². The summed E-state index contributed by atoms with van der Waals surface area (Å²) in [5.41, 5.74) is 1.79. The Morgan fingerprint density at radius 3 is 2.62 bits per heavy atom. The third-order valence-electron chi connectivity index (χ3n) is 4.49. The first-order valence-corrected chi connectivity index (χ1v) is 11.0. The van der Waals surface area contributed by atoms with Crippen LogP contribution in [0.5, 0.6) is 0 Å². The molecule has 1 aromatic carbocycles. The molecular formula is C22H20N2O3S2. The highest BCUT2D eigenvalue weighted by atomic mass is 32.1. The van der Waals surface area contributed by atoms with Crippen LogP contribution >= 0.6 is 22.7 Å². The zero-order valence-corrected chi connectivity index (χ0v) is 17.9. The second-order valence-electron chi connectivity index (χ2n) is 6.96. The van der Waals surface area contributed by atoms with E-state index in [1.807, 2.05) is 67.8 Å². The van der Waals surface area contributed by atoms with E-state index in [9.17, 15) is 9.59 Å². The van der Waals surface area contributed by atoms with Crippen molar-refractivity contribution in [2.24, 2.45) is 4.99 Å². The summed E-state index contributed by atoms with van der Waals surface area (Å²) in [5, 5.41) is 1.94. The molecule has 0 aliphatic carbocycles. The van der Waals surface area contributed by atoms with Gasteiger partial charge in [0.25, 0.3) is 5.56 Å². The van der Waals surface area contributed by atoms with Crippen LogP contribution in [0.4, 0.5) is 0 Å². The quantitative estimate of drug-likeness (QED) is 0.604. The summed E-state index contributed by atoms with van der Waals surface area (Å²) in [6, 6.07) is 13.0. The number of rotatable bonds is 4. The lowest BCUT2D eigenvalue weighted by Crippen LogP contribution is -2.39. The van der Waals surface area contributed by atoms with Crippen LogP contribution in [0.2, 0.25) is 0 Å². The molecule has 0 saturated heterocycles. The summed E-state index contributed by atoms with van der Waals surface area (Å²) in [6.07, 6.45) is 1.61. The number of hydrogen-bond acceptors (Lipinski definition) is 6. The van der Waals surface area contributed by atoms with E-state index in [4.69, 9.17) is 4.74 Å². The predicted molar refractivity (Wildman–Crippen MR) is 116 cm³/mol. The van der Waals surface area contributed by atoms with Crippen LogP contribution in [0.3, 0.4) is 0 Å². The standard InChI is InChI=1S/C22H20N2O3S2/c1-13(2)27-21(26)18-14(3)23-22-24(19(18)16-10-7-11-28-16)20(25)17(29-22)12-15-8-5-4-6-9-15/h4-13,19H,1-3H3/b17-12+. The molecule has 1 aliphatic rings. The Balaban J connectivity index is 1.93. The molecule has 2 aromatic heterocycles. The van der Waals surface area contributed by atoms with E-state index in [1.54, 1.807) is 11.5 Å². The summed E-state index contributed by atoms with van der Waals surface area (Å²) in [4.78, 5) is 32.3. The SMILES string of the molecule is CC1=C(C(=O)OC(C)C)C(c2cccs2)n2c(s/c(=C/c3ccccc3)c2=O)=N1. The van der Waals surface area contributed by atoms with Crippen LogP contribution in [0, 0.1) is 0 Å². The van der Waals surface area contributed by atoms with E-state index < -0.39 is 12.0 Å². The largest absolute Gasteiger partial charge is 0.459 e. The van der Waals surface area contributed by atoms with Crippen LogP contribution in [-0.2, 0) is 9.53 Å². The first-order valence-electron chi connectivity index (χ1n) is 9.27. The van der Waals surface area contributed by atoms with Crippen molar-refractivity contribution in [1.29, 1.82) is 0 Å². The summed E-state index contributed by atoms with van der Waals surface area (Å²) in [7, 11) is 0. The molecule has 5 nitrogen and oxygen atoms in total. The molecule has 29 heavy (non-hydrogen) atoms. The van der Waals surface area contributed by atoms with Crippen LogP contribution in [0.25, 0.3) is 6.08 Å². The lowest BCUT2D eigenvalue weighted by atomic mass is 10.0. The molecule has 1 unspecified atom stereocenters. The van der Waals surface area contributed by atoms with Gasteiger partial charge in [0.15, 0.2) is 4.80 Å². The minimum absolute atomic E-state index is 0.154. The van der Waals surface area contributed by atoms with Gasteiger partial charge < -0.3 is 4.74 Å². The molecule has 0 bridgehead atoms. The topological polar surface area (TPSA) is 60.7 Å². The third kappa shape index (κ3) is 3.75. The maximum atomic E-state index is 13.3. The molecule has 1 atom stereocenters. The van der Waals surface area contributed by atoms with Gasteiger partial charge in [-0.25, -0.2) is 9.79 Å². The summed E-state index contributed by atoms with van der Waals surface area (Å²) in [6.45, 7) is 5.41. The van der Waals surface area contributed by atoms with Gasteiger partial charge >= 0.3 is 5.97 Å². The van der Waals surface area contributed by atoms with Gasteiger partial charge in [0.1, 0.15) is 6.04 Å². The summed E-state index contributed by atoms with van der Waals surface area (Å²) < 4.78 is 7.68. The highest BCUT2D eigenvalue weighted by Gasteiger charge is 2.34. The maximum Gasteiger partial charge on any atom is 0.338 e. The first kappa shape index (κ1) is 19.5. The number of aromatic nitrogens is 1. The lowest BCUT2D eigenvalue weighted by molar-refractivity contribution is -0.143. The normalized spacial score (nSPS) is 16.7. The van der Waals surface area contributed by atoms with E-state index in [2.05, 4.69) is 4.99 Å². The van der Waals surface area contributed by atoms with E-state index in [0.717, 1.165) is 10.4 Å². The predicted octanol–water partition coefficient (Wildman–Crippen LogP) is 3.25. The Morgan fingerprint density at radius 1 is 1.21 bits per heavy atom. The van der Waals surface area contributed by atoms with Crippen molar-refractivity contribution in [1.82, 2.24) is 4.57 Å². The molecule has 0 radical (unpaired) electrons. The molecule has 0 fully saturated rings. The van der Waals surface area contributed by atoms with Gasteiger partial charge in [-0.2, -0.15) is 0 Å². The molecule has 3 heterocycles. The van der Waals surface area contributed by atoms with E-state index in [-0.39, 0.29) is 11.7 Å². The molecule has 7 heteroatoms. The Bertz CT molecular complexity index is 1250. The first-order chi connectivity index (χ1) is 14.0. The number of nitrogens with zero attached hydrogens (tertiary/aromatic N) is 2. The number of esters is 1. The number of thiophene rings is 1. The Kier molecular flexibility index (Phi) is 5.34. The van der Waals surface area contributed by atoms with Crippen molar-refractivity contribution in [2.75, 3.05) is 0 Å². The molecule has 0 saturated carbocycles. The zero-order chi connectivity index (χ0) is 20.5. The van der Waals surface area contributed by atoms with E-state index in [1.165, 1.54) is 22.7 Å². The van der Waals surface area contributed by atoms with Gasteiger partial charge in [-0.3, -0.25) is 9.36 Å². The Labute approximate surface area is 175 Å². The number of thiazole rings is 1. The van der Waals surface area contributed by atoms with Crippen LogP contribution in [0.1, 0.15) is 37.3 Å². The molecular weight excluding hydrogens is 404 g/mol. The fourth-order valence-corrected chi connectivity index (χ4v) is 5.15. The van der Waals surface area contributed by atoms with Gasteiger partial charge in [-0.05, 0) is 43.9 Å². The minimum atomic E-state index is -0.532. The van der Waals surface area contributed by atoms with E-state index in [0.29, 0.717) is 20.6 Å². The average molecular weight is 425 g/mol. The lowest BCUT2D eigenvalue weighted by Gasteiger charge is -2.24. The van der Waals surface area contributed by atoms with Crippen molar-refractivity contribution >= 4 is 34.7 Å². The molecule has 0 N–H and O–H groups in total. The fourth-order valence-electron chi connectivity index (χ4n) is 3.28. The molecule has 0 amide bonds. The second-order valence-corrected chi connectivity index (χ2v) is 8.95. The van der Waals surface area contributed by atoms with Crippen LogP contribution in [0.15, 0.2) is 68.9 Å². The van der Waals surface area contributed by atoms with Crippen molar-refractivity contribution in [2.45, 2.75) is 32.9 Å². The van der Waals surface area contributed by atoms with Crippen molar-refractivity contribution in [3.8, 4) is 0 Å². The third-order valence-corrected chi connectivity index (χ3v) is 6.40. The molecule has 0 spiro atoms. The number of fused-ring (bicyclic) bond motifs is 1. The highest BCUT2D eigenvalue weighted by Crippen LogP contribution is 2.33. The van der Waals surface area contributed by atoms with Gasteiger partial charge in [-0.15, -0.1) is 11.3 Å². The Morgan fingerprint density at radius 2 is 1.97 bits per heavy atom. The average Bonchev–Trinajstić information content (AvgIpc) is 3.30. The number of benzene rings is 1. The highest BCUT2D eigenvalue weighted by molar-refractivity contribution is 7.10.